The van der Waals surface area contributed by atoms with Crippen LogP contribution in [0.2, 0.25) is 0 Å². The molecule has 0 saturated carbocycles. The molecule has 0 spiro atoms. The first-order valence-electron chi connectivity index (χ1n) is 7.88. The molecule has 1 aromatic heterocycles. The number of phenols is 1. The van der Waals surface area contributed by atoms with Crippen molar-refractivity contribution >= 4 is 5.69 Å². The van der Waals surface area contributed by atoms with E-state index in [1.54, 1.807) is 6.07 Å². The van der Waals surface area contributed by atoms with E-state index in [0.717, 1.165) is 44.8 Å². The summed E-state index contributed by atoms with van der Waals surface area (Å²) in [6.45, 7) is 7.18. The quantitative estimate of drug-likeness (QED) is 0.945. The largest absolute Gasteiger partial charge is 0.508 e. The van der Waals surface area contributed by atoms with Crippen molar-refractivity contribution < 1.29 is 5.11 Å². The molecule has 1 aliphatic heterocycles. The fourth-order valence-corrected chi connectivity index (χ4v) is 3.03. The Balaban J connectivity index is 1.62. The number of anilines is 1. The van der Waals surface area contributed by atoms with E-state index in [4.69, 9.17) is 0 Å². The van der Waals surface area contributed by atoms with Crippen LogP contribution in [0.3, 0.4) is 0 Å². The molecule has 0 atom stereocenters. The Morgan fingerprint density at radius 3 is 2.82 bits per heavy atom. The number of aromatic hydroxyl groups is 1. The number of hydrogen-bond donors (Lipinski definition) is 1. The number of phenolic OH excluding ortho intramolecular Hbond substituents is 1. The molecule has 4 nitrogen and oxygen atoms in total. The maximum Gasteiger partial charge on any atom is 0.115 e. The molecule has 1 aromatic carbocycles. The van der Waals surface area contributed by atoms with Crippen molar-refractivity contribution in [1.82, 2.24) is 9.88 Å². The molecular formula is C18H23N3O. The van der Waals surface area contributed by atoms with Crippen LogP contribution in [0.25, 0.3) is 0 Å². The van der Waals surface area contributed by atoms with Crippen LogP contribution in [0.5, 0.6) is 5.75 Å². The number of pyridine rings is 1. The van der Waals surface area contributed by atoms with Gasteiger partial charge < -0.3 is 10.0 Å². The van der Waals surface area contributed by atoms with Gasteiger partial charge in [-0.15, -0.1) is 0 Å². The highest BCUT2D eigenvalue weighted by Crippen LogP contribution is 2.18. The van der Waals surface area contributed by atoms with E-state index in [2.05, 4.69) is 33.0 Å². The van der Waals surface area contributed by atoms with Crippen molar-refractivity contribution in [3.63, 3.8) is 0 Å². The number of nitrogens with zero attached hydrogens (tertiary/aromatic N) is 3. The molecule has 22 heavy (non-hydrogen) atoms. The summed E-state index contributed by atoms with van der Waals surface area (Å²) in [5, 5.41) is 9.58. The normalized spacial score (nSPS) is 16.5. The topological polar surface area (TPSA) is 39.6 Å². The van der Waals surface area contributed by atoms with Gasteiger partial charge >= 0.3 is 0 Å². The lowest BCUT2D eigenvalue weighted by Crippen LogP contribution is -2.30. The first-order chi connectivity index (χ1) is 10.7. The van der Waals surface area contributed by atoms with Crippen LogP contribution >= 0.6 is 0 Å². The third-order valence-corrected chi connectivity index (χ3v) is 4.15. The smallest absolute Gasteiger partial charge is 0.115 e. The Kier molecular flexibility index (Phi) is 4.59. The molecule has 2 heterocycles. The molecular weight excluding hydrogens is 274 g/mol. The lowest BCUT2D eigenvalue weighted by Gasteiger charge is -2.24. The monoisotopic (exact) mass is 297 g/mol. The minimum Gasteiger partial charge on any atom is -0.508 e. The molecule has 2 aromatic rings. The summed E-state index contributed by atoms with van der Waals surface area (Å²) in [6.07, 6.45) is 3.04. The van der Waals surface area contributed by atoms with E-state index in [0.29, 0.717) is 5.75 Å². The van der Waals surface area contributed by atoms with E-state index in [1.807, 2.05) is 25.3 Å². The average molecular weight is 297 g/mol. The van der Waals surface area contributed by atoms with Gasteiger partial charge in [-0.3, -0.25) is 9.88 Å². The first kappa shape index (κ1) is 14.9. The molecule has 1 N–H and O–H groups in total. The zero-order chi connectivity index (χ0) is 15.4. The molecule has 0 amide bonds. The van der Waals surface area contributed by atoms with Crippen LogP contribution in [0, 0.1) is 6.92 Å². The van der Waals surface area contributed by atoms with Gasteiger partial charge in [-0.25, -0.2) is 0 Å². The molecule has 1 fully saturated rings. The van der Waals surface area contributed by atoms with Crippen LogP contribution in [0.4, 0.5) is 5.69 Å². The van der Waals surface area contributed by atoms with Crippen molar-refractivity contribution in [1.29, 1.82) is 0 Å². The second kappa shape index (κ2) is 6.79. The zero-order valence-electron chi connectivity index (χ0n) is 13.1. The van der Waals surface area contributed by atoms with Crippen molar-refractivity contribution in [2.75, 3.05) is 31.1 Å². The van der Waals surface area contributed by atoms with Crippen molar-refractivity contribution in [3.8, 4) is 5.75 Å². The minimum absolute atomic E-state index is 0.348. The van der Waals surface area contributed by atoms with E-state index in [-0.39, 0.29) is 0 Å². The van der Waals surface area contributed by atoms with Crippen molar-refractivity contribution in [2.24, 2.45) is 0 Å². The number of hydrogen-bond acceptors (Lipinski definition) is 4. The van der Waals surface area contributed by atoms with Crippen LogP contribution in [-0.4, -0.2) is 41.2 Å². The minimum atomic E-state index is 0.348. The number of rotatable bonds is 3. The van der Waals surface area contributed by atoms with Crippen molar-refractivity contribution in [2.45, 2.75) is 19.9 Å². The summed E-state index contributed by atoms with van der Waals surface area (Å²) in [4.78, 5) is 9.18. The summed E-state index contributed by atoms with van der Waals surface area (Å²) >= 11 is 0. The van der Waals surface area contributed by atoms with Crippen LogP contribution < -0.4 is 4.90 Å². The summed E-state index contributed by atoms with van der Waals surface area (Å²) in [7, 11) is 0. The van der Waals surface area contributed by atoms with E-state index in [9.17, 15) is 5.11 Å². The van der Waals surface area contributed by atoms with Gasteiger partial charge in [-0.2, -0.15) is 0 Å². The average Bonchev–Trinajstić information content (AvgIpc) is 2.73. The standard InChI is InChI=1S/C18H23N3O/c1-15-12-17(6-7-19-15)21-9-3-8-20(10-11-21)14-16-4-2-5-18(22)13-16/h2,4-7,12-13,22H,3,8-11,14H2,1H3. The SMILES string of the molecule is Cc1cc(N2CCCN(Cc3cccc(O)c3)CC2)ccn1. The molecule has 0 aliphatic carbocycles. The molecule has 0 unspecified atom stereocenters. The second-order valence-corrected chi connectivity index (χ2v) is 5.94. The highest BCUT2D eigenvalue weighted by atomic mass is 16.3. The van der Waals surface area contributed by atoms with Gasteiger partial charge in [0.25, 0.3) is 0 Å². The Hall–Kier alpha value is -2.07. The maximum atomic E-state index is 9.58. The highest BCUT2D eigenvalue weighted by Gasteiger charge is 2.15. The summed E-state index contributed by atoms with van der Waals surface area (Å²) in [5.74, 6) is 0.348. The Morgan fingerprint density at radius 1 is 1.09 bits per heavy atom. The van der Waals surface area contributed by atoms with E-state index in [1.165, 1.54) is 11.3 Å². The maximum absolute atomic E-state index is 9.58. The molecule has 0 bridgehead atoms. The van der Waals surface area contributed by atoms with Gasteiger partial charge in [0.15, 0.2) is 0 Å². The third-order valence-electron chi connectivity index (χ3n) is 4.15. The van der Waals surface area contributed by atoms with Gasteiger partial charge in [-0.1, -0.05) is 12.1 Å². The van der Waals surface area contributed by atoms with Crippen LogP contribution in [0.1, 0.15) is 17.7 Å². The second-order valence-electron chi connectivity index (χ2n) is 5.94. The lowest BCUT2D eigenvalue weighted by molar-refractivity contribution is 0.285. The third kappa shape index (κ3) is 3.77. The Labute approximate surface area is 132 Å². The van der Waals surface area contributed by atoms with Gasteiger partial charge in [0.2, 0.25) is 0 Å². The number of aryl methyl sites for hydroxylation is 1. The fourth-order valence-electron chi connectivity index (χ4n) is 3.03. The van der Waals surface area contributed by atoms with E-state index < -0.39 is 0 Å². The van der Waals surface area contributed by atoms with Crippen LogP contribution in [0.15, 0.2) is 42.6 Å². The molecule has 116 valence electrons. The Bertz CT molecular complexity index is 629. The Morgan fingerprint density at radius 2 is 2.00 bits per heavy atom. The predicted molar refractivity (Wildman–Crippen MR) is 89.2 cm³/mol. The van der Waals surface area contributed by atoms with E-state index >= 15 is 0 Å². The van der Waals surface area contributed by atoms with Gasteiger partial charge in [0.05, 0.1) is 0 Å². The zero-order valence-corrected chi connectivity index (χ0v) is 13.1. The summed E-state index contributed by atoms with van der Waals surface area (Å²) in [5.41, 5.74) is 3.51. The molecule has 0 radical (unpaired) electrons. The summed E-state index contributed by atoms with van der Waals surface area (Å²) < 4.78 is 0. The first-order valence-corrected chi connectivity index (χ1v) is 7.88. The lowest BCUT2D eigenvalue weighted by atomic mass is 10.2. The van der Waals surface area contributed by atoms with Crippen molar-refractivity contribution in [3.05, 3.63) is 53.9 Å². The number of benzene rings is 1. The molecule has 1 saturated heterocycles. The van der Waals surface area contributed by atoms with Gasteiger partial charge in [0.1, 0.15) is 5.75 Å². The predicted octanol–water partition coefficient (Wildman–Crippen LogP) is 2.81. The van der Waals surface area contributed by atoms with Gasteiger partial charge in [-0.05, 0) is 43.2 Å². The summed E-state index contributed by atoms with van der Waals surface area (Å²) in [6, 6.07) is 11.8. The number of aromatic nitrogens is 1. The fraction of sp³-hybridized carbons (Fsp3) is 0.389. The van der Waals surface area contributed by atoms with Gasteiger partial charge in [0, 0.05) is 50.3 Å². The van der Waals surface area contributed by atoms with Crippen LogP contribution in [-0.2, 0) is 6.54 Å². The molecule has 1 aliphatic rings. The highest BCUT2D eigenvalue weighted by molar-refractivity contribution is 5.46. The molecule has 4 heteroatoms. The molecule has 3 rings (SSSR count).